The standard InChI is InChI=1S/C17H21ClO2/c18-15-9-6-13(7-10-15)8-11-17(20)16(12-19)14-4-2-1-3-5-14/h6-7,9-10,12,14,16H,1-5,8,11H2. The first-order valence-electron chi connectivity index (χ1n) is 7.43. The molecule has 2 nitrogen and oxygen atoms in total. The third kappa shape index (κ3) is 4.17. The quantitative estimate of drug-likeness (QED) is 0.580. The lowest BCUT2D eigenvalue weighted by molar-refractivity contribution is -0.129. The molecule has 20 heavy (non-hydrogen) atoms. The smallest absolute Gasteiger partial charge is 0.143 e. The predicted octanol–water partition coefficient (Wildman–Crippen LogP) is 4.24. The van der Waals surface area contributed by atoms with Gasteiger partial charge in [-0.1, -0.05) is 43.0 Å². The molecule has 1 aromatic carbocycles. The Kier molecular flexibility index (Phi) is 5.78. The highest BCUT2D eigenvalue weighted by atomic mass is 35.5. The van der Waals surface area contributed by atoms with Crippen molar-refractivity contribution in [3.05, 3.63) is 34.9 Å². The van der Waals surface area contributed by atoms with Gasteiger partial charge in [0.05, 0.1) is 5.92 Å². The van der Waals surface area contributed by atoms with Crippen molar-refractivity contribution in [2.45, 2.75) is 44.9 Å². The first-order chi connectivity index (χ1) is 9.70. The van der Waals surface area contributed by atoms with Gasteiger partial charge in [-0.3, -0.25) is 4.79 Å². The molecule has 108 valence electrons. The molecule has 0 heterocycles. The van der Waals surface area contributed by atoms with Crippen LogP contribution < -0.4 is 0 Å². The molecule has 1 fully saturated rings. The summed E-state index contributed by atoms with van der Waals surface area (Å²) in [5, 5.41) is 0.702. The zero-order valence-corrected chi connectivity index (χ0v) is 12.4. The molecular formula is C17H21ClO2. The van der Waals surface area contributed by atoms with Crippen molar-refractivity contribution < 1.29 is 9.59 Å². The number of aryl methyl sites for hydroxylation is 1. The van der Waals surface area contributed by atoms with Crippen molar-refractivity contribution >= 4 is 23.7 Å². The van der Waals surface area contributed by atoms with E-state index in [0.717, 1.165) is 37.5 Å². The lowest BCUT2D eigenvalue weighted by atomic mass is 9.78. The minimum Gasteiger partial charge on any atom is -0.303 e. The molecule has 0 saturated heterocycles. The fraction of sp³-hybridized carbons (Fsp3) is 0.529. The van der Waals surface area contributed by atoms with Gasteiger partial charge >= 0.3 is 0 Å². The molecular weight excluding hydrogens is 272 g/mol. The molecule has 1 unspecified atom stereocenters. The second kappa shape index (κ2) is 7.58. The van der Waals surface area contributed by atoms with E-state index in [1.807, 2.05) is 24.3 Å². The van der Waals surface area contributed by atoms with Gasteiger partial charge in [0, 0.05) is 11.4 Å². The van der Waals surface area contributed by atoms with Crippen LogP contribution in [0.1, 0.15) is 44.1 Å². The van der Waals surface area contributed by atoms with Crippen LogP contribution in [-0.4, -0.2) is 12.1 Å². The largest absolute Gasteiger partial charge is 0.303 e. The van der Waals surface area contributed by atoms with E-state index in [-0.39, 0.29) is 17.6 Å². The normalized spacial score (nSPS) is 17.6. The summed E-state index contributed by atoms with van der Waals surface area (Å²) in [6, 6.07) is 7.54. The van der Waals surface area contributed by atoms with E-state index in [1.165, 1.54) is 6.42 Å². The van der Waals surface area contributed by atoms with Crippen LogP contribution in [0.25, 0.3) is 0 Å². The summed E-state index contributed by atoms with van der Waals surface area (Å²) in [6.45, 7) is 0. The number of hydrogen-bond acceptors (Lipinski definition) is 2. The molecule has 2 rings (SSSR count). The number of hydrogen-bond donors (Lipinski definition) is 0. The van der Waals surface area contributed by atoms with Crippen LogP contribution in [0.3, 0.4) is 0 Å². The molecule has 0 aromatic heterocycles. The number of rotatable bonds is 6. The number of ketones is 1. The van der Waals surface area contributed by atoms with Gasteiger partial charge < -0.3 is 4.79 Å². The van der Waals surface area contributed by atoms with Gasteiger partial charge in [0.2, 0.25) is 0 Å². The first kappa shape index (κ1) is 15.2. The highest BCUT2D eigenvalue weighted by Gasteiger charge is 2.28. The third-order valence-corrected chi connectivity index (χ3v) is 4.50. The summed E-state index contributed by atoms with van der Waals surface area (Å²) >= 11 is 5.84. The predicted molar refractivity (Wildman–Crippen MR) is 80.9 cm³/mol. The first-order valence-corrected chi connectivity index (χ1v) is 7.81. The van der Waals surface area contributed by atoms with Gasteiger partial charge in [0.25, 0.3) is 0 Å². The van der Waals surface area contributed by atoms with Gasteiger partial charge in [0.15, 0.2) is 0 Å². The zero-order chi connectivity index (χ0) is 14.4. The van der Waals surface area contributed by atoms with Gasteiger partial charge in [0.1, 0.15) is 12.1 Å². The molecule has 1 aliphatic carbocycles. The molecule has 3 heteroatoms. The van der Waals surface area contributed by atoms with Crippen LogP contribution in [0.4, 0.5) is 0 Å². The van der Waals surface area contributed by atoms with Crippen LogP contribution in [-0.2, 0) is 16.0 Å². The number of halogens is 1. The number of carbonyl (C=O) groups excluding carboxylic acids is 2. The topological polar surface area (TPSA) is 34.1 Å². The number of carbonyl (C=O) groups is 2. The van der Waals surface area contributed by atoms with Crippen molar-refractivity contribution in [2.75, 3.05) is 0 Å². The monoisotopic (exact) mass is 292 g/mol. The minimum atomic E-state index is -0.386. The van der Waals surface area contributed by atoms with Crippen LogP contribution >= 0.6 is 11.6 Å². The molecule has 0 spiro atoms. The Morgan fingerprint density at radius 1 is 1.20 bits per heavy atom. The maximum Gasteiger partial charge on any atom is 0.143 e. The van der Waals surface area contributed by atoms with E-state index in [4.69, 9.17) is 11.6 Å². The van der Waals surface area contributed by atoms with Crippen LogP contribution in [0, 0.1) is 11.8 Å². The average molecular weight is 293 g/mol. The Bertz CT molecular complexity index is 447. The Morgan fingerprint density at radius 3 is 2.45 bits per heavy atom. The molecule has 0 amide bonds. The number of benzene rings is 1. The molecule has 0 radical (unpaired) electrons. The Balaban J connectivity index is 1.88. The fourth-order valence-electron chi connectivity index (χ4n) is 3.03. The van der Waals surface area contributed by atoms with E-state index in [9.17, 15) is 9.59 Å². The summed E-state index contributed by atoms with van der Waals surface area (Å²) in [5.74, 6) is -0.0107. The lowest BCUT2D eigenvalue weighted by Crippen LogP contribution is -2.27. The highest BCUT2D eigenvalue weighted by Crippen LogP contribution is 2.30. The second-order valence-corrected chi connectivity index (χ2v) is 6.09. The lowest BCUT2D eigenvalue weighted by Gasteiger charge is -2.25. The maximum atomic E-state index is 12.3. The number of aldehydes is 1. The van der Waals surface area contributed by atoms with Gasteiger partial charge in [-0.2, -0.15) is 0 Å². The molecule has 1 aliphatic rings. The number of Topliss-reactive ketones (excluding diaryl/α,β-unsaturated/α-hetero) is 1. The van der Waals surface area contributed by atoms with Crippen LogP contribution in [0.15, 0.2) is 24.3 Å². The molecule has 0 bridgehead atoms. The Morgan fingerprint density at radius 2 is 1.85 bits per heavy atom. The molecule has 0 aliphatic heterocycles. The van der Waals surface area contributed by atoms with Gasteiger partial charge in [-0.15, -0.1) is 0 Å². The summed E-state index contributed by atoms with van der Waals surface area (Å²) in [7, 11) is 0. The third-order valence-electron chi connectivity index (χ3n) is 4.25. The SMILES string of the molecule is O=CC(C(=O)CCc1ccc(Cl)cc1)C1CCCCC1. The molecule has 1 atom stereocenters. The van der Waals surface area contributed by atoms with E-state index < -0.39 is 0 Å². The van der Waals surface area contributed by atoms with E-state index >= 15 is 0 Å². The molecule has 1 aromatic rings. The van der Waals surface area contributed by atoms with E-state index in [0.29, 0.717) is 17.9 Å². The van der Waals surface area contributed by atoms with Crippen molar-refractivity contribution in [1.82, 2.24) is 0 Å². The molecule has 0 N–H and O–H groups in total. The van der Waals surface area contributed by atoms with Gasteiger partial charge in [-0.25, -0.2) is 0 Å². The van der Waals surface area contributed by atoms with Crippen LogP contribution in [0.5, 0.6) is 0 Å². The highest BCUT2D eigenvalue weighted by molar-refractivity contribution is 6.30. The van der Waals surface area contributed by atoms with Crippen LogP contribution in [0.2, 0.25) is 5.02 Å². The second-order valence-electron chi connectivity index (χ2n) is 5.65. The minimum absolute atomic E-state index is 0.0989. The fourth-order valence-corrected chi connectivity index (χ4v) is 3.15. The summed E-state index contributed by atoms with van der Waals surface area (Å²) in [6.07, 6.45) is 7.60. The van der Waals surface area contributed by atoms with Crippen molar-refractivity contribution in [2.24, 2.45) is 11.8 Å². The Hall–Kier alpha value is -1.15. The summed E-state index contributed by atoms with van der Waals surface area (Å²) in [5.41, 5.74) is 1.09. The summed E-state index contributed by atoms with van der Waals surface area (Å²) < 4.78 is 0. The van der Waals surface area contributed by atoms with Crippen molar-refractivity contribution in [3.63, 3.8) is 0 Å². The van der Waals surface area contributed by atoms with Crippen molar-refractivity contribution in [3.8, 4) is 0 Å². The average Bonchev–Trinajstić information content (AvgIpc) is 2.48. The zero-order valence-electron chi connectivity index (χ0n) is 11.7. The van der Waals surface area contributed by atoms with Crippen molar-refractivity contribution in [1.29, 1.82) is 0 Å². The summed E-state index contributed by atoms with van der Waals surface area (Å²) in [4.78, 5) is 23.5. The van der Waals surface area contributed by atoms with E-state index in [2.05, 4.69) is 0 Å². The maximum absolute atomic E-state index is 12.3. The van der Waals surface area contributed by atoms with E-state index in [1.54, 1.807) is 0 Å². The molecule has 1 saturated carbocycles. The van der Waals surface area contributed by atoms with Gasteiger partial charge in [-0.05, 0) is 42.9 Å². The Labute approximate surface area is 125 Å².